The molecule has 4 aromatic rings. The maximum Gasteiger partial charge on any atom is 0.339 e. The first-order valence-corrected chi connectivity index (χ1v) is 16.5. The average molecular weight is 621 g/mol. The molecular weight excluding hydrogens is 572 g/mol. The van der Waals surface area contributed by atoms with Crippen LogP contribution in [-0.2, 0) is 9.47 Å². The number of carbonyl (C=O) groups is 2. The molecule has 0 atom stereocenters. The van der Waals surface area contributed by atoms with Gasteiger partial charge in [-0.15, -0.1) is 0 Å². The zero-order valence-corrected chi connectivity index (χ0v) is 28.5. The molecule has 0 aromatic heterocycles. The maximum absolute atomic E-state index is 13.9. The standard InChI is InChI=1S/C40H48N2O4/c1-37(2)21-31(22-38(3,4)41-37)45-35(43)30-16-14-27-17-29(15-13-28(27)18-30)33-19-25-11-9-10-12-26(25)20-34(33)36(44)46-32-23-39(5,6)42-40(7,8)24-32/h9-20,31-32,41-42H,21-24H2,1-8H3. The molecule has 0 spiro atoms. The van der Waals surface area contributed by atoms with Crippen LogP contribution in [0.1, 0.15) is 102 Å². The van der Waals surface area contributed by atoms with Crippen LogP contribution in [-0.4, -0.2) is 46.3 Å². The molecule has 2 aliphatic heterocycles. The Morgan fingerprint density at radius 1 is 0.565 bits per heavy atom. The molecule has 0 aliphatic carbocycles. The summed E-state index contributed by atoms with van der Waals surface area (Å²) in [6.07, 6.45) is 2.70. The van der Waals surface area contributed by atoms with Crippen molar-refractivity contribution in [2.24, 2.45) is 0 Å². The Morgan fingerprint density at radius 2 is 1.02 bits per heavy atom. The Balaban J connectivity index is 1.29. The monoisotopic (exact) mass is 620 g/mol. The number of hydrogen-bond donors (Lipinski definition) is 2. The molecule has 4 aromatic carbocycles. The third-order valence-electron chi connectivity index (χ3n) is 9.35. The molecule has 0 radical (unpaired) electrons. The van der Waals surface area contributed by atoms with Crippen molar-refractivity contribution in [1.82, 2.24) is 10.6 Å². The van der Waals surface area contributed by atoms with Gasteiger partial charge in [0.05, 0.1) is 11.1 Å². The lowest BCUT2D eigenvalue weighted by molar-refractivity contribution is -0.00761. The van der Waals surface area contributed by atoms with E-state index >= 15 is 0 Å². The molecule has 2 N–H and O–H groups in total. The molecule has 0 amide bonds. The number of nitrogens with one attached hydrogen (secondary N) is 2. The highest BCUT2D eigenvalue weighted by molar-refractivity contribution is 6.04. The number of esters is 2. The smallest absolute Gasteiger partial charge is 0.339 e. The third-order valence-corrected chi connectivity index (χ3v) is 9.35. The molecule has 0 bridgehead atoms. The normalized spacial score (nSPS) is 20.8. The third kappa shape index (κ3) is 7.13. The van der Waals surface area contributed by atoms with Gasteiger partial charge in [0.25, 0.3) is 0 Å². The highest BCUT2D eigenvalue weighted by Gasteiger charge is 2.40. The van der Waals surface area contributed by atoms with E-state index in [4.69, 9.17) is 9.47 Å². The molecule has 0 saturated carbocycles. The Labute approximate surface area is 273 Å². The number of fused-ring (bicyclic) bond motifs is 2. The summed E-state index contributed by atoms with van der Waals surface area (Å²) >= 11 is 0. The van der Waals surface area contributed by atoms with Crippen LogP contribution in [0.15, 0.2) is 72.8 Å². The minimum absolute atomic E-state index is 0.110. The number of carbonyl (C=O) groups excluding carboxylic acids is 2. The zero-order chi connectivity index (χ0) is 33.1. The Morgan fingerprint density at radius 3 is 1.59 bits per heavy atom. The van der Waals surface area contributed by atoms with Crippen LogP contribution in [0.4, 0.5) is 0 Å². The van der Waals surface area contributed by atoms with E-state index in [0.717, 1.165) is 58.4 Å². The summed E-state index contributed by atoms with van der Waals surface area (Å²) in [5.74, 6) is -0.602. The minimum Gasteiger partial charge on any atom is -0.459 e. The van der Waals surface area contributed by atoms with Gasteiger partial charge in [-0.3, -0.25) is 0 Å². The fraction of sp³-hybridized carbons (Fsp3) is 0.450. The van der Waals surface area contributed by atoms with Crippen molar-refractivity contribution >= 4 is 33.5 Å². The predicted octanol–water partition coefficient (Wildman–Crippen LogP) is 8.59. The Hall–Kier alpha value is -3.74. The van der Waals surface area contributed by atoms with Crippen molar-refractivity contribution in [2.75, 3.05) is 0 Å². The van der Waals surface area contributed by atoms with Crippen molar-refractivity contribution in [3.63, 3.8) is 0 Å². The number of rotatable bonds is 5. The summed E-state index contributed by atoms with van der Waals surface area (Å²) < 4.78 is 12.3. The molecule has 2 saturated heterocycles. The quantitative estimate of drug-likeness (QED) is 0.218. The fourth-order valence-electron chi connectivity index (χ4n) is 8.25. The van der Waals surface area contributed by atoms with Gasteiger partial charge in [-0.2, -0.15) is 0 Å². The molecular formula is C40H48N2O4. The lowest BCUT2D eigenvalue weighted by Crippen LogP contribution is -2.59. The molecule has 2 fully saturated rings. The van der Waals surface area contributed by atoms with Gasteiger partial charge in [-0.25, -0.2) is 9.59 Å². The Kier molecular flexibility index (Phi) is 8.05. The van der Waals surface area contributed by atoms with Gasteiger partial charge in [0.15, 0.2) is 0 Å². The summed E-state index contributed by atoms with van der Waals surface area (Å²) in [5.41, 5.74) is 2.36. The van der Waals surface area contributed by atoms with Crippen LogP contribution in [0.3, 0.4) is 0 Å². The minimum atomic E-state index is -0.304. The first kappa shape index (κ1) is 32.2. The number of benzene rings is 4. The average Bonchev–Trinajstić information content (AvgIpc) is 2.92. The van der Waals surface area contributed by atoms with Crippen molar-refractivity contribution < 1.29 is 19.1 Å². The van der Waals surface area contributed by atoms with E-state index in [1.807, 2.05) is 54.6 Å². The molecule has 242 valence electrons. The van der Waals surface area contributed by atoms with E-state index in [9.17, 15) is 9.59 Å². The fourth-order valence-corrected chi connectivity index (χ4v) is 8.25. The molecule has 46 heavy (non-hydrogen) atoms. The lowest BCUT2D eigenvalue weighted by Gasteiger charge is -2.46. The molecule has 2 heterocycles. The van der Waals surface area contributed by atoms with Gasteiger partial charge in [-0.1, -0.05) is 42.5 Å². The molecule has 6 rings (SSSR count). The molecule has 6 nitrogen and oxygen atoms in total. The van der Waals surface area contributed by atoms with Crippen LogP contribution in [0.5, 0.6) is 0 Å². The van der Waals surface area contributed by atoms with Gasteiger partial charge in [0.2, 0.25) is 0 Å². The SMILES string of the molecule is CC1(C)CC(OC(=O)c2ccc3cc(-c4cc5ccccc5cc4C(=O)OC4CC(C)(C)NC(C)(C)C4)ccc3c2)CC(C)(C)N1. The largest absolute Gasteiger partial charge is 0.459 e. The first-order valence-electron chi connectivity index (χ1n) is 16.5. The Bertz CT molecular complexity index is 1790. The summed E-state index contributed by atoms with van der Waals surface area (Å²) in [4.78, 5) is 27.2. The van der Waals surface area contributed by atoms with Crippen LogP contribution in [0, 0.1) is 0 Å². The van der Waals surface area contributed by atoms with Gasteiger partial charge in [-0.05, 0) is 118 Å². The van der Waals surface area contributed by atoms with Gasteiger partial charge in [0.1, 0.15) is 12.2 Å². The molecule has 0 unspecified atom stereocenters. The number of ether oxygens (including phenoxy) is 2. The van der Waals surface area contributed by atoms with Crippen molar-refractivity contribution in [3.05, 3.63) is 83.9 Å². The molecule has 2 aliphatic rings. The highest BCUT2D eigenvalue weighted by atomic mass is 16.5. The van der Waals surface area contributed by atoms with Crippen molar-refractivity contribution in [2.45, 2.75) is 115 Å². The van der Waals surface area contributed by atoms with Crippen LogP contribution >= 0.6 is 0 Å². The van der Waals surface area contributed by atoms with Crippen molar-refractivity contribution in [1.29, 1.82) is 0 Å². The number of hydrogen-bond acceptors (Lipinski definition) is 6. The second-order valence-corrected chi connectivity index (χ2v) is 16.2. The summed E-state index contributed by atoms with van der Waals surface area (Å²) in [5, 5.41) is 11.3. The van der Waals surface area contributed by atoms with E-state index in [-0.39, 0.29) is 46.3 Å². The number of piperidine rings is 2. The van der Waals surface area contributed by atoms with Crippen LogP contribution < -0.4 is 10.6 Å². The van der Waals surface area contributed by atoms with E-state index < -0.39 is 0 Å². The highest BCUT2D eigenvalue weighted by Crippen LogP contribution is 2.35. The van der Waals surface area contributed by atoms with E-state index in [2.05, 4.69) is 84.2 Å². The van der Waals surface area contributed by atoms with E-state index in [1.165, 1.54) is 0 Å². The zero-order valence-electron chi connectivity index (χ0n) is 28.5. The second-order valence-electron chi connectivity index (χ2n) is 16.2. The van der Waals surface area contributed by atoms with Crippen molar-refractivity contribution in [3.8, 4) is 11.1 Å². The predicted molar refractivity (Wildman–Crippen MR) is 186 cm³/mol. The first-order chi connectivity index (χ1) is 21.5. The lowest BCUT2D eigenvalue weighted by atomic mass is 9.81. The van der Waals surface area contributed by atoms with E-state index in [0.29, 0.717) is 11.1 Å². The van der Waals surface area contributed by atoms with Gasteiger partial charge >= 0.3 is 11.9 Å². The molecule has 6 heteroatoms. The summed E-state index contributed by atoms with van der Waals surface area (Å²) in [7, 11) is 0. The summed E-state index contributed by atoms with van der Waals surface area (Å²) in [6.45, 7) is 17.2. The van der Waals surface area contributed by atoms with Gasteiger partial charge < -0.3 is 20.1 Å². The van der Waals surface area contributed by atoms with E-state index in [1.54, 1.807) is 0 Å². The maximum atomic E-state index is 13.9. The van der Waals surface area contributed by atoms with Crippen LogP contribution in [0.2, 0.25) is 0 Å². The topological polar surface area (TPSA) is 76.7 Å². The van der Waals surface area contributed by atoms with Gasteiger partial charge in [0, 0.05) is 47.8 Å². The second kappa shape index (κ2) is 11.5. The summed E-state index contributed by atoms with van der Waals surface area (Å²) in [6, 6.07) is 23.9. The van der Waals surface area contributed by atoms with Crippen LogP contribution in [0.25, 0.3) is 32.7 Å².